The number of nitrogens with zero attached hydrogens (tertiary/aromatic N) is 4. The number of hydrogen-bond acceptors (Lipinski definition) is 4. The Morgan fingerprint density at radius 3 is 2.19 bits per heavy atom. The van der Waals surface area contributed by atoms with Gasteiger partial charge in [-0.2, -0.15) is 0 Å². The van der Waals surface area contributed by atoms with E-state index in [-0.39, 0.29) is 35.5 Å². The highest BCUT2D eigenvalue weighted by Crippen LogP contribution is 2.27. The van der Waals surface area contributed by atoms with Gasteiger partial charge in [-0.15, -0.1) is 0 Å². The second kappa shape index (κ2) is 12.7. The lowest BCUT2D eigenvalue weighted by Crippen LogP contribution is -2.57. The summed E-state index contributed by atoms with van der Waals surface area (Å²) < 4.78 is 0. The van der Waals surface area contributed by atoms with E-state index in [4.69, 9.17) is 0 Å². The van der Waals surface area contributed by atoms with E-state index in [2.05, 4.69) is 32.6 Å². The molecule has 3 amide bonds. The first-order valence-corrected chi connectivity index (χ1v) is 13.7. The van der Waals surface area contributed by atoms with Crippen LogP contribution in [0.1, 0.15) is 59.9 Å². The molecule has 1 aromatic carbocycles. The van der Waals surface area contributed by atoms with Gasteiger partial charge in [-0.05, 0) is 36.4 Å². The quantitative estimate of drug-likeness (QED) is 0.597. The van der Waals surface area contributed by atoms with Crippen LogP contribution in [0.15, 0.2) is 24.3 Å². The molecule has 7 nitrogen and oxygen atoms in total. The van der Waals surface area contributed by atoms with E-state index in [1.165, 1.54) is 0 Å². The Hall–Kier alpha value is -2.41. The smallest absolute Gasteiger partial charge is 0.229 e. The molecule has 1 fully saturated rings. The molecule has 0 aromatic heterocycles. The van der Waals surface area contributed by atoms with Crippen LogP contribution in [0.3, 0.4) is 0 Å². The summed E-state index contributed by atoms with van der Waals surface area (Å²) in [4.78, 5) is 47.4. The zero-order valence-corrected chi connectivity index (χ0v) is 23.2. The Morgan fingerprint density at radius 1 is 0.861 bits per heavy atom. The standard InChI is InChI=1S/C29H46N4O3/c1-21(2)16-27(34)33-13-9-12-30(17-22(3)4)14-15-31(18-24-10-7-8-11-26(24)33)29(36)25-19-32(20-25)28(35)23(5)6/h7-8,10-11,21-23,25H,9,12-20H2,1-6H3. The second-order valence-corrected chi connectivity index (χ2v) is 11.7. The van der Waals surface area contributed by atoms with Crippen LogP contribution in [-0.4, -0.2) is 78.2 Å². The number of amides is 3. The Bertz CT molecular complexity index is 908. The predicted octanol–water partition coefficient (Wildman–Crippen LogP) is 3.87. The lowest BCUT2D eigenvalue weighted by Gasteiger charge is -2.42. The maximum atomic E-state index is 13.7. The van der Waals surface area contributed by atoms with Crippen LogP contribution >= 0.6 is 0 Å². The van der Waals surface area contributed by atoms with Crippen molar-refractivity contribution in [1.29, 1.82) is 0 Å². The first-order chi connectivity index (χ1) is 17.1. The average Bonchev–Trinajstić information content (AvgIpc) is 2.80. The number of anilines is 1. The highest BCUT2D eigenvalue weighted by Gasteiger charge is 2.38. The minimum Gasteiger partial charge on any atom is -0.341 e. The Morgan fingerprint density at radius 2 is 1.56 bits per heavy atom. The van der Waals surface area contributed by atoms with Crippen molar-refractivity contribution in [1.82, 2.24) is 14.7 Å². The van der Waals surface area contributed by atoms with E-state index < -0.39 is 0 Å². The largest absolute Gasteiger partial charge is 0.341 e. The Kier molecular flexibility index (Phi) is 9.94. The maximum Gasteiger partial charge on any atom is 0.229 e. The van der Waals surface area contributed by atoms with Crippen molar-refractivity contribution in [3.63, 3.8) is 0 Å². The molecule has 2 aliphatic heterocycles. The molecule has 0 radical (unpaired) electrons. The van der Waals surface area contributed by atoms with Gasteiger partial charge in [-0.3, -0.25) is 14.4 Å². The van der Waals surface area contributed by atoms with E-state index in [9.17, 15) is 14.4 Å². The molecule has 0 spiro atoms. The van der Waals surface area contributed by atoms with E-state index in [0.29, 0.717) is 45.1 Å². The fraction of sp³-hybridized carbons (Fsp3) is 0.690. The molecular formula is C29H46N4O3. The molecule has 2 heterocycles. The summed E-state index contributed by atoms with van der Waals surface area (Å²) in [6.45, 7) is 17.9. The van der Waals surface area contributed by atoms with Gasteiger partial charge in [-0.25, -0.2) is 0 Å². The third kappa shape index (κ3) is 7.31. The maximum absolute atomic E-state index is 13.7. The zero-order chi connectivity index (χ0) is 26.4. The number of benzene rings is 1. The van der Waals surface area contributed by atoms with Gasteiger partial charge in [0, 0.05) is 63.8 Å². The minimum absolute atomic E-state index is 0.0513. The third-order valence-electron chi connectivity index (χ3n) is 7.04. The van der Waals surface area contributed by atoms with E-state index in [0.717, 1.165) is 37.3 Å². The van der Waals surface area contributed by atoms with Crippen molar-refractivity contribution in [2.24, 2.45) is 23.7 Å². The van der Waals surface area contributed by atoms with Gasteiger partial charge in [0.2, 0.25) is 17.7 Å². The molecule has 0 aliphatic carbocycles. The molecule has 0 unspecified atom stereocenters. The highest BCUT2D eigenvalue weighted by molar-refractivity contribution is 5.94. The molecule has 3 rings (SSSR count). The number of fused-ring (bicyclic) bond motifs is 1. The third-order valence-corrected chi connectivity index (χ3v) is 7.04. The molecular weight excluding hydrogens is 452 g/mol. The molecule has 0 atom stereocenters. The molecule has 1 aromatic rings. The SMILES string of the molecule is CC(C)CC(=O)N1CCCN(CC(C)C)CCN(C(=O)C2CN(C(=O)C(C)C)C2)Cc2ccccc21. The number of para-hydroxylation sites is 1. The van der Waals surface area contributed by atoms with Gasteiger partial charge in [0.1, 0.15) is 0 Å². The Balaban J connectivity index is 1.86. The average molecular weight is 499 g/mol. The van der Waals surface area contributed by atoms with Gasteiger partial charge in [0.15, 0.2) is 0 Å². The van der Waals surface area contributed by atoms with E-state index in [1.54, 1.807) is 4.90 Å². The van der Waals surface area contributed by atoms with Crippen LogP contribution in [0.5, 0.6) is 0 Å². The highest BCUT2D eigenvalue weighted by atomic mass is 16.2. The van der Waals surface area contributed by atoms with Crippen LogP contribution < -0.4 is 4.90 Å². The number of likely N-dealkylation sites (tertiary alicyclic amines) is 1. The lowest BCUT2D eigenvalue weighted by atomic mass is 9.96. The molecule has 200 valence electrons. The number of hydrogen-bond donors (Lipinski definition) is 0. The van der Waals surface area contributed by atoms with Crippen molar-refractivity contribution in [3.8, 4) is 0 Å². The van der Waals surface area contributed by atoms with Gasteiger partial charge < -0.3 is 19.6 Å². The summed E-state index contributed by atoms with van der Waals surface area (Å²) in [5, 5.41) is 0. The number of carbonyl (C=O) groups excluding carboxylic acids is 3. The van der Waals surface area contributed by atoms with Crippen molar-refractivity contribution in [3.05, 3.63) is 29.8 Å². The summed E-state index contributed by atoms with van der Waals surface area (Å²) in [7, 11) is 0. The number of carbonyl (C=O) groups is 3. The summed E-state index contributed by atoms with van der Waals surface area (Å²) in [5.41, 5.74) is 1.93. The van der Waals surface area contributed by atoms with Gasteiger partial charge in [0.05, 0.1) is 5.92 Å². The van der Waals surface area contributed by atoms with Crippen LogP contribution in [0, 0.1) is 23.7 Å². The molecule has 2 aliphatic rings. The summed E-state index contributed by atoms with van der Waals surface area (Å²) in [6.07, 6.45) is 1.40. The van der Waals surface area contributed by atoms with Gasteiger partial charge >= 0.3 is 0 Å². The molecule has 0 N–H and O–H groups in total. The van der Waals surface area contributed by atoms with Crippen LogP contribution in [0.4, 0.5) is 5.69 Å². The molecule has 0 bridgehead atoms. The second-order valence-electron chi connectivity index (χ2n) is 11.7. The Labute approximate surface area is 217 Å². The van der Waals surface area contributed by atoms with Crippen LogP contribution in [0.2, 0.25) is 0 Å². The van der Waals surface area contributed by atoms with Crippen LogP contribution in [-0.2, 0) is 20.9 Å². The van der Waals surface area contributed by atoms with Crippen molar-refractivity contribution in [2.75, 3.05) is 50.7 Å². The minimum atomic E-state index is -0.151. The van der Waals surface area contributed by atoms with E-state index in [1.807, 2.05) is 47.9 Å². The molecule has 36 heavy (non-hydrogen) atoms. The molecule has 0 saturated carbocycles. The molecule has 7 heteroatoms. The summed E-state index contributed by atoms with van der Waals surface area (Å²) in [5.74, 6) is 0.982. The van der Waals surface area contributed by atoms with Gasteiger partial charge in [0.25, 0.3) is 0 Å². The lowest BCUT2D eigenvalue weighted by molar-refractivity contribution is -0.150. The first kappa shape index (κ1) is 28.2. The van der Waals surface area contributed by atoms with Crippen molar-refractivity contribution >= 4 is 23.4 Å². The topological polar surface area (TPSA) is 64.2 Å². The fourth-order valence-corrected chi connectivity index (χ4v) is 5.18. The summed E-state index contributed by atoms with van der Waals surface area (Å²) in [6, 6.07) is 8.03. The normalized spacial score (nSPS) is 18.3. The van der Waals surface area contributed by atoms with Crippen molar-refractivity contribution in [2.45, 2.75) is 60.9 Å². The predicted molar refractivity (Wildman–Crippen MR) is 144 cm³/mol. The van der Waals surface area contributed by atoms with Crippen molar-refractivity contribution < 1.29 is 14.4 Å². The summed E-state index contributed by atoms with van der Waals surface area (Å²) >= 11 is 0. The zero-order valence-electron chi connectivity index (χ0n) is 23.2. The first-order valence-electron chi connectivity index (χ1n) is 13.7. The van der Waals surface area contributed by atoms with Crippen LogP contribution in [0.25, 0.3) is 0 Å². The molecule has 1 saturated heterocycles. The van der Waals surface area contributed by atoms with E-state index >= 15 is 0 Å². The number of rotatable bonds is 6. The monoisotopic (exact) mass is 498 g/mol. The van der Waals surface area contributed by atoms with Gasteiger partial charge in [-0.1, -0.05) is 59.7 Å². The fourth-order valence-electron chi connectivity index (χ4n) is 5.18.